The second kappa shape index (κ2) is 11.6. The third-order valence-corrected chi connectivity index (χ3v) is 8.57. The van der Waals surface area contributed by atoms with Crippen LogP contribution < -0.4 is 9.60 Å². The molecular weight excluding hydrogens is 523 g/mol. The number of rotatable bonds is 8. The molecule has 0 aliphatic rings. The van der Waals surface area contributed by atoms with Gasteiger partial charge in [-0.25, -0.2) is 0 Å². The minimum Gasteiger partial charge on any atom is -0.318 e. The topological polar surface area (TPSA) is 68.7 Å². The van der Waals surface area contributed by atoms with E-state index in [1.165, 1.54) is 22.7 Å². The van der Waals surface area contributed by atoms with E-state index in [1.54, 1.807) is 0 Å². The Kier molecular flexibility index (Phi) is 8.59. The predicted molar refractivity (Wildman–Crippen MR) is 145 cm³/mol. The molecule has 0 aliphatic carbocycles. The molecule has 0 radical (unpaired) electrons. The molecule has 0 spiro atoms. The number of carbonyl (C=O) groups excluding carboxylic acids is 2. The van der Waals surface area contributed by atoms with Gasteiger partial charge in [0.1, 0.15) is 0 Å². The Morgan fingerprint density at radius 3 is 1.51 bits per heavy atom. The monoisotopic (exact) mass is 548 g/mol. The van der Waals surface area contributed by atoms with Crippen molar-refractivity contribution in [2.75, 3.05) is 0 Å². The van der Waals surface area contributed by atoms with Crippen LogP contribution in [-0.2, 0) is 23.7 Å². The molecule has 2 heterocycles. The van der Waals surface area contributed by atoms with Crippen LogP contribution in [0.15, 0.2) is 46.4 Å². The fourth-order valence-electron chi connectivity index (χ4n) is 3.94. The van der Waals surface area contributed by atoms with E-state index < -0.39 is 0 Å². The first-order valence-corrected chi connectivity index (χ1v) is 13.9. The van der Waals surface area contributed by atoms with Gasteiger partial charge in [-0.15, -0.1) is 0 Å². The molecule has 0 saturated heterocycles. The first-order chi connectivity index (χ1) is 16.8. The minimum absolute atomic E-state index is 0.117. The highest BCUT2D eigenvalue weighted by molar-refractivity contribution is 7.16. The van der Waals surface area contributed by atoms with E-state index in [4.69, 9.17) is 23.2 Å². The van der Waals surface area contributed by atoms with Crippen LogP contribution >= 0.6 is 45.9 Å². The SMILES string of the molecule is Cn1c(=NC(=O)CCCCCCCC(=O)N=c2sc3cccc(Cl)c3n2C)sc2cccc(Cl)c21. The highest BCUT2D eigenvalue weighted by Gasteiger charge is 2.09. The number of aromatic nitrogens is 2. The second-order valence-corrected chi connectivity index (χ2v) is 11.2. The standard InChI is InChI=1S/C25H26Cl2N4O2S2/c1-30-22-16(26)10-8-12-18(22)34-24(30)28-20(32)14-6-4-3-5-7-15-21(33)29-25-31(2)23-17(27)11-9-13-19(23)35-25/h8-13H,3-7,14-15H2,1-2H3. The van der Waals surface area contributed by atoms with Gasteiger partial charge in [-0.1, -0.05) is 77.3 Å². The molecule has 0 N–H and O–H groups in total. The van der Waals surface area contributed by atoms with Crippen LogP contribution in [0.1, 0.15) is 44.9 Å². The first kappa shape index (κ1) is 25.8. The summed E-state index contributed by atoms with van der Waals surface area (Å²) in [5.41, 5.74) is 1.80. The number of nitrogens with zero attached hydrogens (tertiary/aromatic N) is 4. The lowest BCUT2D eigenvalue weighted by Gasteiger charge is -2.00. The Morgan fingerprint density at radius 2 is 1.11 bits per heavy atom. The number of thiazole rings is 2. The number of carbonyl (C=O) groups is 2. The lowest BCUT2D eigenvalue weighted by Crippen LogP contribution is -2.13. The molecule has 0 fully saturated rings. The maximum Gasteiger partial charge on any atom is 0.248 e. The summed E-state index contributed by atoms with van der Waals surface area (Å²) >= 11 is 15.5. The van der Waals surface area contributed by atoms with Gasteiger partial charge in [0.2, 0.25) is 11.8 Å². The lowest BCUT2D eigenvalue weighted by molar-refractivity contribution is -0.118. The zero-order chi connectivity index (χ0) is 24.9. The predicted octanol–water partition coefficient (Wildman–Crippen LogP) is 6.39. The largest absolute Gasteiger partial charge is 0.318 e. The number of para-hydroxylation sites is 2. The smallest absolute Gasteiger partial charge is 0.248 e. The molecule has 10 heteroatoms. The van der Waals surface area contributed by atoms with Gasteiger partial charge in [-0.05, 0) is 37.1 Å². The van der Waals surface area contributed by atoms with Crippen LogP contribution in [0.3, 0.4) is 0 Å². The maximum absolute atomic E-state index is 12.3. The summed E-state index contributed by atoms with van der Waals surface area (Å²) in [6.45, 7) is 0. The molecule has 184 valence electrons. The number of unbranched alkanes of at least 4 members (excludes halogenated alkanes) is 4. The summed E-state index contributed by atoms with van der Waals surface area (Å²) in [7, 11) is 3.75. The summed E-state index contributed by atoms with van der Waals surface area (Å²) in [4.78, 5) is 34.5. The third-order valence-electron chi connectivity index (χ3n) is 5.77. The van der Waals surface area contributed by atoms with Crippen molar-refractivity contribution in [1.82, 2.24) is 9.13 Å². The van der Waals surface area contributed by atoms with E-state index in [0.29, 0.717) is 32.5 Å². The molecule has 2 aromatic carbocycles. The average Bonchev–Trinajstić information content (AvgIpc) is 3.30. The minimum atomic E-state index is -0.117. The van der Waals surface area contributed by atoms with E-state index in [-0.39, 0.29) is 11.8 Å². The molecule has 4 rings (SSSR count). The van der Waals surface area contributed by atoms with Crippen molar-refractivity contribution in [3.63, 3.8) is 0 Å². The highest BCUT2D eigenvalue weighted by Crippen LogP contribution is 2.25. The highest BCUT2D eigenvalue weighted by atomic mass is 35.5. The third kappa shape index (κ3) is 6.12. The van der Waals surface area contributed by atoms with Gasteiger partial charge >= 0.3 is 0 Å². The Hall–Kier alpha value is -2.26. The van der Waals surface area contributed by atoms with Gasteiger partial charge in [0.05, 0.1) is 30.5 Å². The number of fused-ring (bicyclic) bond motifs is 2. The molecule has 0 bridgehead atoms. The van der Waals surface area contributed by atoms with Crippen molar-refractivity contribution in [2.24, 2.45) is 24.1 Å². The van der Waals surface area contributed by atoms with E-state index >= 15 is 0 Å². The van der Waals surface area contributed by atoms with E-state index in [9.17, 15) is 9.59 Å². The Labute approximate surface area is 221 Å². The fourth-order valence-corrected chi connectivity index (χ4v) is 6.78. The first-order valence-electron chi connectivity index (χ1n) is 11.5. The van der Waals surface area contributed by atoms with E-state index in [1.807, 2.05) is 59.6 Å². The Bertz CT molecular complexity index is 1410. The van der Waals surface area contributed by atoms with Crippen LogP contribution in [0, 0.1) is 0 Å². The quantitative estimate of drug-likeness (QED) is 0.239. The van der Waals surface area contributed by atoms with Gasteiger partial charge in [0, 0.05) is 26.9 Å². The van der Waals surface area contributed by atoms with Gasteiger partial charge in [-0.2, -0.15) is 9.98 Å². The number of hydrogen-bond acceptors (Lipinski definition) is 4. The molecule has 0 atom stereocenters. The maximum atomic E-state index is 12.3. The summed E-state index contributed by atoms with van der Waals surface area (Å²) in [5, 5.41) is 1.31. The van der Waals surface area contributed by atoms with Crippen LogP contribution in [0.2, 0.25) is 10.0 Å². The van der Waals surface area contributed by atoms with Gasteiger partial charge in [-0.3, -0.25) is 9.59 Å². The molecule has 0 unspecified atom stereocenters. The zero-order valence-electron chi connectivity index (χ0n) is 19.6. The van der Waals surface area contributed by atoms with Crippen molar-refractivity contribution in [3.05, 3.63) is 56.0 Å². The Balaban J connectivity index is 1.20. The van der Waals surface area contributed by atoms with Crippen molar-refractivity contribution in [3.8, 4) is 0 Å². The zero-order valence-corrected chi connectivity index (χ0v) is 22.7. The normalized spacial score (nSPS) is 12.8. The summed E-state index contributed by atoms with van der Waals surface area (Å²) in [6, 6.07) is 11.4. The summed E-state index contributed by atoms with van der Waals surface area (Å²) < 4.78 is 5.77. The van der Waals surface area contributed by atoms with Crippen molar-refractivity contribution >= 4 is 78.1 Å². The molecule has 0 aliphatic heterocycles. The summed E-state index contributed by atoms with van der Waals surface area (Å²) in [6.07, 6.45) is 5.24. The number of hydrogen-bond donors (Lipinski definition) is 0. The van der Waals surface area contributed by atoms with E-state index in [0.717, 1.165) is 52.5 Å². The molecule has 0 saturated carbocycles. The van der Waals surface area contributed by atoms with Crippen LogP contribution in [0.25, 0.3) is 20.4 Å². The molecule has 2 amide bonds. The van der Waals surface area contributed by atoms with Gasteiger partial charge < -0.3 is 9.13 Å². The lowest BCUT2D eigenvalue weighted by atomic mass is 10.1. The van der Waals surface area contributed by atoms with Crippen molar-refractivity contribution < 1.29 is 9.59 Å². The van der Waals surface area contributed by atoms with Crippen molar-refractivity contribution in [2.45, 2.75) is 44.9 Å². The number of benzene rings is 2. The molecule has 6 nitrogen and oxygen atoms in total. The number of aryl methyl sites for hydroxylation is 2. The van der Waals surface area contributed by atoms with Crippen LogP contribution in [-0.4, -0.2) is 20.9 Å². The van der Waals surface area contributed by atoms with E-state index in [2.05, 4.69) is 9.98 Å². The van der Waals surface area contributed by atoms with Crippen LogP contribution in [0.4, 0.5) is 0 Å². The van der Waals surface area contributed by atoms with Crippen molar-refractivity contribution in [1.29, 1.82) is 0 Å². The Morgan fingerprint density at radius 1 is 0.714 bits per heavy atom. The summed E-state index contributed by atoms with van der Waals surface area (Å²) in [5.74, 6) is -0.234. The molecule has 2 aromatic heterocycles. The second-order valence-electron chi connectivity index (χ2n) is 8.34. The van der Waals surface area contributed by atoms with Gasteiger partial charge in [0.25, 0.3) is 0 Å². The molecule has 35 heavy (non-hydrogen) atoms. The number of amides is 2. The van der Waals surface area contributed by atoms with Gasteiger partial charge in [0.15, 0.2) is 9.60 Å². The average molecular weight is 550 g/mol. The number of halogens is 2. The molecule has 4 aromatic rings. The van der Waals surface area contributed by atoms with Crippen LogP contribution in [0.5, 0.6) is 0 Å². The fraction of sp³-hybridized carbons (Fsp3) is 0.360. The molecular formula is C25H26Cl2N4O2S2.